The zero-order valence-electron chi connectivity index (χ0n) is 10.1. The van der Waals surface area contributed by atoms with Gasteiger partial charge in [0, 0.05) is 10.6 Å². The van der Waals surface area contributed by atoms with E-state index in [1.807, 2.05) is 19.9 Å². The summed E-state index contributed by atoms with van der Waals surface area (Å²) in [6, 6.07) is 1.73. The van der Waals surface area contributed by atoms with Gasteiger partial charge in [0.15, 0.2) is 0 Å². The average molecular weight is 244 g/mol. The molecule has 1 rings (SSSR count). The summed E-state index contributed by atoms with van der Waals surface area (Å²) in [6.07, 6.45) is 0. The molecule has 1 aromatic rings. The minimum absolute atomic E-state index is 0.00703. The lowest BCUT2D eigenvalue weighted by atomic mass is 9.98. The molecule has 0 aliphatic rings. The minimum atomic E-state index is -0.159. The van der Waals surface area contributed by atoms with E-state index in [4.69, 9.17) is 16.3 Å². The predicted molar refractivity (Wildman–Crippen MR) is 66.4 cm³/mol. The zero-order chi connectivity index (χ0) is 12.3. The number of ether oxygens (including phenoxy) is 1. The fourth-order valence-electron chi connectivity index (χ4n) is 1.87. The highest BCUT2D eigenvalue weighted by molar-refractivity contribution is 6.32. The summed E-state index contributed by atoms with van der Waals surface area (Å²) in [5.74, 6) is 0.757. The van der Waals surface area contributed by atoms with Crippen LogP contribution in [-0.2, 0) is 0 Å². The van der Waals surface area contributed by atoms with Gasteiger partial charge in [0.05, 0.1) is 19.8 Å². The van der Waals surface area contributed by atoms with Crippen LogP contribution in [0, 0.1) is 13.8 Å². The van der Waals surface area contributed by atoms with E-state index >= 15 is 0 Å². The smallest absolute Gasteiger partial charge is 0.124 e. The molecular formula is C12H18ClNO2. The van der Waals surface area contributed by atoms with E-state index in [9.17, 15) is 5.11 Å². The van der Waals surface area contributed by atoms with Crippen LogP contribution >= 0.6 is 11.6 Å². The molecule has 0 fully saturated rings. The van der Waals surface area contributed by atoms with Crippen LogP contribution in [0.4, 0.5) is 0 Å². The van der Waals surface area contributed by atoms with Crippen molar-refractivity contribution in [2.75, 3.05) is 20.8 Å². The Morgan fingerprint density at radius 2 is 2.12 bits per heavy atom. The van der Waals surface area contributed by atoms with Crippen molar-refractivity contribution in [1.29, 1.82) is 0 Å². The van der Waals surface area contributed by atoms with Crippen molar-refractivity contribution >= 4 is 11.6 Å². The zero-order valence-corrected chi connectivity index (χ0v) is 10.9. The normalized spacial score (nSPS) is 12.6. The van der Waals surface area contributed by atoms with E-state index in [-0.39, 0.29) is 12.6 Å². The first-order valence-electron chi connectivity index (χ1n) is 5.18. The number of hydrogen-bond acceptors (Lipinski definition) is 3. The van der Waals surface area contributed by atoms with Crippen LogP contribution in [0.3, 0.4) is 0 Å². The van der Waals surface area contributed by atoms with Crippen molar-refractivity contribution in [1.82, 2.24) is 5.32 Å². The van der Waals surface area contributed by atoms with Gasteiger partial charge in [-0.25, -0.2) is 0 Å². The lowest BCUT2D eigenvalue weighted by Gasteiger charge is -2.21. The Kier molecular flexibility index (Phi) is 4.59. The largest absolute Gasteiger partial charge is 0.496 e. The lowest BCUT2D eigenvalue weighted by Crippen LogP contribution is -2.22. The maximum atomic E-state index is 9.32. The number of benzene rings is 1. The Bertz CT molecular complexity index is 376. The fourth-order valence-corrected chi connectivity index (χ4v) is 2.02. The van der Waals surface area contributed by atoms with Gasteiger partial charge in [0.25, 0.3) is 0 Å². The third kappa shape index (κ3) is 2.32. The van der Waals surface area contributed by atoms with Gasteiger partial charge >= 0.3 is 0 Å². The van der Waals surface area contributed by atoms with E-state index < -0.39 is 0 Å². The molecule has 0 spiro atoms. The number of rotatable bonds is 4. The van der Waals surface area contributed by atoms with Gasteiger partial charge in [-0.15, -0.1) is 0 Å². The van der Waals surface area contributed by atoms with Crippen LogP contribution in [0.2, 0.25) is 5.02 Å². The molecule has 3 nitrogen and oxygen atoms in total. The van der Waals surface area contributed by atoms with Gasteiger partial charge in [-0.3, -0.25) is 0 Å². The number of halogens is 1. The Hall–Kier alpha value is -0.770. The second-order valence-corrected chi connectivity index (χ2v) is 4.15. The Morgan fingerprint density at radius 3 is 2.56 bits per heavy atom. The van der Waals surface area contributed by atoms with E-state index in [0.29, 0.717) is 0 Å². The third-order valence-corrected chi connectivity index (χ3v) is 3.37. The first-order chi connectivity index (χ1) is 7.56. The molecule has 0 amide bonds. The van der Waals surface area contributed by atoms with Crippen molar-refractivity contribution in [3.05, 3.63) is 27.8 Å². The molecule has 0 saturated heterocycles. The van der Waals surface area contributed by atoms with Gasteiger partial charge in [-0.2, -0.15) is 0 Å². The van der Waals surface area contributed by atoms with E-state index in [2.05, 4.69) is 5.32 Å². The second kappa shape index (κ2) is 5.53. The highest BCUT2D eigenvalue weighted by atomic mass is 35.5. The molecule has 0 aromatic heterocycles. The number of aryl methyl sites for hydroxylation is 1. The number of hydrogen-bond donors (Lipinski definition) is 2. The van der Waals surface area contributed by atoms with Gasteiger partial charge in [0.2, 0.25) is 0 Å². The third-order valence-electron chi connectivity index (χ3n) is 2.79. The quantitative estimate of drug-likeness (QED) is 0.852. The van der Waals surface area contributed by atoms with Crippen LogP contribution in [0.15, 0.2) is 6.07 Å². The summed E-state index contributed by atoms with van der Waals surface area (Å²) in [7, 11) is 3.42. The van der Waals surface area contributed by atoms with E-state index in [0.717, 1.165) is 27.5 Å². The van der Waals surface area contributed by atoms with Crippen LogP contribution in [-0.4, -0.2) is 25.9 Å². The molecule has 90 valence electrons. The molecule has 0 saturated carbocycles. The molecule has 1 aromatic carbocycles. The topological polar surface area (TPSA) is 41.5 Å². The Balaban J connectivity index is 3.40. The highest BCUT2D eigenvalue weighted by Crippen LogP contribution is 2.35. The molecule has 0 radical (unpaired) electrons. The standard InChI is InChI=1S/C12H18ClNO2/c1-7-5-10(16-4)11(8(2)12(7)13)9(6-15)14-3/h5,9,14-15H,6H2,1-4H3. The van der Waals surface area contributed by atoms with Crippen LogP contribution in [0.5, 0.6) is 5.75 Å². The Labute approximate surface area is 101 Å². The van der Waals surface area contributed by atoms with E-state index in [1.54, 1.807) is 14.2 Å². The maximum Gasteiger partial charge on any atom is 0.124 e. The van der Waals surface area contributed by atoms with Crippen LogP contribution in [0.1, 0.15) is 22.7 Å². The van der Waals surface area contributed by atoms with Gasteiger partial charge in [-0.05, 0) is 38.1 Å². The number of nitrogens with one attached hydrogen (secondary N) is 1. The van der Waals surface area contributed by atoms with Crippen molar-refractivity contribution < 1.29 is 9.84 Å². The molecule has 0 aliphatic heterocycles. The summed E-state index contributed by atoms with van der Waals surface area (Å²) in [5.41, 5.74) is 2.85. The number of methoxy groups -OCH3 is 1. The Morgan fingerprint density at radius 1 is 1.50 bits per heavy atom. The molecule has 4 heteroatoms. The molecule has 0 bridgehead atoms. The number of aliphatic hydroxyl groups excluding tert-OH is 1. The average Bonchev–Trinajstić information content (AvgIpc) is 2.29. The summed E-state index contributed by atoms with van der Waals surface area (Å²) >= 11 is 6.20. The molecule has 1 unspecified atom stereocenters. The van der Waals surface area contributed by atoms with Crippen LogP contribution in [0.25, 0.3) is 0 Å². The number of likely N-dealkylation sites (N-methyl/N-ethyl adjacent to an activating group) is 1. The van der Waals surface area contributed by atoms with Gasteiger partial charge in [0.1, 0.15) is 5.75 Å². The van der Waals surface area contributed by atoms with Gasteiger partial charge < -0.3 is 15.2 Å². The molecule has 0 heterocycles. The fraction of sp³-hybridized carbons (Fsp3) is 0.500. The maximum absolute atomic E-state index is 9.32. The first kappa shape index (κ1) is 13.3. The lowest BCUT2D eigenvalue weighted by molar-refractivity contribution is 0.247. The molecule has 16 heavy (non-hydrogen) atoms. The summed E-state index contributed by atoms with van der Waals surface area (Å²) in [5, 5.41) is 13.1. The van der Waals surface area contributed by atoms with E-state index in [1.165, 1.54) is 0 Å². The SMILES string of the molecule is CNC(CO)c1c(OC)cc(C)c(Cl)c1C. The first-order valence-corrected chi connectivity index (χ1v) is 5.56. The van der Waals surface area contributed by atoms with Crippen molar-refractivity contribution in [2.45, 2.75) is 19.9 Å². The van der Waals surface area contributed by atoms with Crippen LogP contribution < -0.4 is 10.1 Å². The summed E-state index contributed by atoms with van der Waals surface area (Å²) in [4.78, 5) is 0. The predicted octanol–water partition coefficient (Wildman–Crippen LogP) is 2.22. The van der Waals surface area contributed by atoms with Crippen molar-refractivity contribution in [3.63, 3.8) is 0 Å². The summed E-state index contributed by atoms with van der Waals surface area (Å²) in [6.45, 7) is 3.88. The van der Waals surface area contributed by atoms with Gasteiger partial charge in [-0.1, -0.05) is 11.6 Å². The highest BCUT2D eigenvalue weighted by Gasteiger charge is 2.19. The minimum Gasteiger partial charge on any atom is -0.496 e. The second-order valence-electron chi connectivity index (χ2n) is 3.77. The van der Waals surface area contributed by atoms with Crippen molar-refractivity contribution in [3.8, 4) is 5.75 Å². The number of aliphatic hydroxyl groups is 1. The monoisotopic (exact) mass is 243 g/mol. The summed E-state index contributed by atoms with van der Waals surface area (Å²) < 4.78 is 5.34. The molecule has 2 N–H and O–H groups in total. The molecular weight excluding hydrogens is 226 g/mol. The molecule has 1 atom stereocenters. The van der Waals surface area contributed by atoms with Crippen molar-refractivity contribution in [2.24, 2.45) is 0 Å². The molecule has 0 aliphatic carbocycles.